The molecule has 4 rings (SSSR count). The van der Waals surface area contributed by atoms with Crippen LogP contribution in [0.1, 0.15) is 51.9 Å². The van der Waals surface area contributed by atoms with E-state index >= 15 is 0 Å². The summed E-state index contributed by atoms with van der Waals surface area (Å²) in [5, 5.41) is 19.6. The molecule has 0 heterocycles. The van der Waals surface area contributed by atoms with Gasteiger partial charge in [0.15, 0.2) is 5.76 Å². The minimum Gasteiger partial charge on any atom is -0.504 e. The number of rotatable bonds is 0. The largest absolute Gasteiger partial charge is 0.504 e. The molecule has 0 amide bonds. The van der Waals surface area contributed by atoms with E-state index in [9.17, 15) is 15.0 Å². The van der Waals surface area contributed by atoms with Gasteiger partial charge in [0.1, 0.15) is 0 Å². The van der Waals surface area contributed by atoms with Crippen molar-refractivity contribution in [3.63, 3.8) is 0 Å². The molecule has 0 aliphatic heterocycles. The van der Waals surface area contributed by atoms with E-state index in [1.165, 1.54) is 25.7 Å². The zero-order valence-corrected chi connectivity index (χ0v) is 12.6. The van der Waals surface area contributed by atoms with Crippen LogP contribution >= 0.6 is 0 Å². The smallest absolute Gasteiger partial charge is 0.208 e. The molecule has 0 saturated heterocycles. The monoisotopic (exact) mass is 288 g/mol. The van der Waals surface area contributed by atoms with Crippen LogP contribution in [0, 0.1) is 29.1 Å². The Morgan fingerprint density at radius 2 is 1.95 bits per heavy atom. The van der Waals surface area contributed by atoms with E-state index in [1.54, 1.807) is 6.08 Å². The van der Waals surface area contributed by atoms with Gasteiger partial charge in [0.25, 0.3) is 0 Å². The standard InChI is InChI=1S/C18H24O3/c1-18-7-2-3-13(18)11-5-4-10-9-14(19)16(20)17(21)15(10)12(11)6-8-18/h9,11-13,15,19-20H,2-8H2,1H3/t11-,12+,13+,15+,18+/m1/s1. The van der Waals surface area contributed by atoms with E-state index in [0.717, 1.165) is 30.8 Å². The van der Waals surface area contributed by atoms with E-state index in [-0.39, 0.29) is 17.5 Å². The highest BCUT2D eigenvalue weighted by Gasteiger charge is 2.54. The van der Waals surface area contributed by atoms with Gasteiger partial charge in [-0.05, 0) is 67.8 Å². The predicted molar refractivity (Wildman–Crippen MR) is 79.8 cm³/mol. The number of aliphatic hydroxyl groups is 2. The lowest BCUT2D eigenvalue weighted by atomic mass is 9.52. The van der Waals surface area contributed by atoms with Crippen molar-refractivity contribution in [1.29, 1.82) is 0 Å². The fourth-order valence-corrected chi connectivity index (χ4v) is 5.95. The predicted octanol–water partition coefficient (Wildman–Crippen LogP) is 4.07. The maximum atomic E-state index is 12.5. The molecule has 0 bridgehead atoms. The lowest BCUT2D eigenvalue weighted by Crippen LogP contribution is -2.46. The average Bonchev–Trinajstić information content (AvgIpc) is 2.86. The van der Waals surface area contributed by atoms with Crippen molar-refractivity contribution < 1.29 is 15.0 Å². The fraction of sp³-hybridized carbons (Fsp3) is 0.722. The summed E-state index contributed by atoms with van der Waals surface area (Å²) in [5.74, 6) is 0.725. The van der Waals surface area contributed by atoms with Crippen molar-refractivity contribution in [1.82, 2.24) is 0 Å². The summed E-state index contributed by atoms with van der Waals surface area (Å²) >= 11 is 0. The van der Waals surface area contributed by atoms with Crippen LogP contribution in [0.4, 0.5) is 0 Å². The summed E-state index contributed by atoms with van der Waals surface area (Å²) in [5.41, 5.74) is 1.54. The summed E-state index contributed by atoms with van der Waals surface area (Å²) in [6.45, 7) is 2.44. The van der Waals surface area contributed by atoms with Gasteiger partial charge in [-0.2, -0.15) is 0 Å². The number of aliphatic hydroxyl groups excluding tert-OH is 2. The molecule has 0 aromatic heterocycles. The zero-order chi connectivity index (χ0) is 14.8. The molecule has 3 fully saturated rings. The van der Waals surface area contributed by atoms with Crippen molar-refractivity contribution in [2.45, 2.75) is 51.9 Å². The zero-order valence-electron chi connectivity index (χ0n) is 12.6. The highest BCUT2D eigenvalue weighted by Crippen LogP contribution is 2.61. The van der Waals surface area contributed by atoms with Gasteiger partial charge in [-0.3, -0.25) is 4.79 Å². The van der Waals surface area contributed by atoms with Gasteiger partial charge >= 0.3 is 0 Å². The van der Waals surface area contributed by atoms with Gasteiger partial charge in [-0.1, -0.05) is 18.9 Å². The molecule has 0 aromatic rings. The Morgan fingerprint density at radius 1 is 1.14 bits per heavy atom. The van der Waals surface area contributed by atoms with E-state index in [4.69, 9.17) is 0 Å². The van der Waals surface area contributed by atoms with Crippen LogP contribution in [-0.4, -0.2) is 16.0 Å². The second kappa shape index (κ2) is 4.37. The number of fused-ring (bicyclic) bond motifs is 5. The average molecular weight is 288 g/mol. The van der Waals surface area contributed by atoms with E-state index < -0.39 is 5.76 Å². The molecule has 3 nitrogen and oxygen atoms in total. The molecule has 0 spiro atoms. The Bertz CT molecular complexity index is 559. The van der Waals surface area contributed by atoms with Crippen LogP contribution in [0.2, 0.25) is 0 Å². The molecule has 5 atom stereocenters. The van der Waals surface area contributed by atoms with Crippen LogP contribution in [-0.2, 0) is 4.79 Å². The van der Waals surface area contributed by atoms with Gasteiger partial charge < -0.3 is 10.2 Å². The first-order valence-electron chi connectivity index (χ1n) is 8.38. The highest BCUT2D eigenvalue weighted by molar-refractivity contribution is 5.99. The van der Waals surface area contributed by atoms with Gasteiger partial charge in [0.05, 0.1) is 5.92 Å². The third-order valence-electron chi connectivity index (χ3n) is 6.95. The molecule has 114 valence electrons. The molecule has 0 radical (unpaired) electrons. The number of ketones is 1. The van der Waals surface area contributed by atoms with Crippen LogP contribution < -0.4 is 0 Å². The van der Waals surface area contributed by atoms with Crippen molar-refractivity contribution >= 4 is 5.78 Å². The number of carbonyl (C=O) groups excluding carboxylic acids is 1. The Labute approximate surface area is 125 Å². The highest BCUT2D eigenvalue weighted by atomic mass is 16.3. The molecule has 4 aliphatic carbocycles. The van der Waals surface area contributed by atoms with Gasteiger partial charge in [0.2, 0.25) is 11.5 Å². The molecule has 3 heteroatoms. The Hall–Kier alpha value is -1.25. The van der Waals surface area contributed by atoms with Gasteiger partial charge in [-0.25, -0.2) is 0 Å². The number of hydrogen-bond acceptors (Lipinski definition) is 3. The van der Waals surface area contributed by atoms with Crippen molar-refractivity contribution in [2.75, 3.05) is 0 Å². The summed E-state index contributed by atoms with van der Waals surface area (Å²) in [7, 11) is 0. The molecule has 2 N–H and O–H groups in total. The second-order valence-corrected chi connectivity index (χ2v) is 7.85. The molecular formula is C18H24O3. The summed E-state index contributed by atoms with van der Waals surface area (Å²) in [6, 6.07) is 0. The van der Waals surface area contributed by atoms with Crippen LogP contribution in [0.25, 0.3) is 0 Å². The van der Waals surface area contributed by atoms with Gasteiger partial charge in [0, 0.05) is 0 Å². The minimum atomic E-state index is -0.413. The summed E-state index contributed by atoms with van der Waals surface area (Å²) < 4.78 is 0. The normalized spacial score (nSPS) is 45.8. The Balaban J connectivity index is 1.69. The van der Waals surface area contributed by atoms with E-state index in [2.05, 4.69) is 6.92 Å². The molecule has 3 saturated carbocycles. The molecule has 4 aliphatic rings. The van der Waals surface area contributed by atoms with Crippen LogP contribution in [0.5, 0.6) is 0 Å². The van der Waals surface area contributed by atoms with Crippen LogP contribution in [0.3, 0.4) is 0 Å². The summed E-state index contributed by atoms with van der Waals surface area (Å²) in [6.07, 6.45) is 10.00. The number of carbonyl (C=O) groups is 1. The second-order valence-electron chi connectivity index (χ2n) is 7.85. The number of hydrogen-bond donors (Lipinski definition) is 2. The Morgan fingerprint density at radius 3 is 2.76 bits per heavy atom. The SMILES string of the molecule is C[C@@]12CCC[C@H]1[C@@H]1CCC3=CC(O)=C(O)C(=O)[C@@H]3[C@H]1CC2. The van der Waals surface area contributed by atoms with Crippen LogP contribution in [0.15, 0.2) is 23.2 Å². The van der Waals surface area contributed by atoms with Crippen molar-refractivity contribution in [3.05, 3.63) is 23.2 Å². The lowest BCUT2D eigenvalue weighted by molar-refractivity contribution is -0.126. The van der Waals surface area contributed by atoms with Crippen molar-refractivity contribution in [3.8, 4) is 0 Å². The maximum absolute atomic E-state index is 12.5. The first-order valence-corrected chi connectivity index (χ1v) is 8.38. The third kappa shape index (κ3) is 1.75. The number of allylic oxidation sites excluding steroid dienone is 3. The quantitative estimate of drug-likeness (QED) is 0.706. The third-order valence-corrected chi connectivity index (χ3v) is 6.95. The molecular weight excluding hydrogens is 264 g/mol. The van der Waals surface area contributed by atoms with Crippen molar-refractivity contribution in [2.24, 2.45) is 29.1 Å². The lowest BCUT2D eigenvalue weighted by Gasteiger charge is -2.52. The topological polar surface area (TPSA) is 57.5 Å². The first-order chi connectivity index (χ1) is 10.0. The van der Waals surface area contributed by atoms with E-state index in [1.807, 2.05) is 0 Å². The van der Waals surface area contributed by atoms with Gasteiger partial charge in [-0.15, -0.1) is 0 Å². The molecule has 0 unspecified atom stereocenters. The first kappa shape index (κ1) is 13.4. The van der Waals surface area contributed by atoms with E-state index in [0.29, 0.717) is 17.3 Å². The molecule has 0 aromatic carbocycles. The molecule has 21 heavy (non-hydrogen) atoms. The fourth-order valence-electron chi connectivity index (χ4n) is 5.95. The Kier molecular flexibility index (Phi) is 2.79. The summed E-state index contributed by atoms with van der Waals surface area (Å²) in [4.78, 5) is 12.5. The maximum Gasteiger partial charge on any atom is 0.208 e. The minimum absolute atomic E-state index is 0.162. The number of Topliss-reactive ketones (excluding diaryl/α,β-unsaturated/α-hetero) is 1.